The lowest BCUT2D eigenvalue weighted by Gasteiger charge is -2.31. The standard InChI is InChI=1S/C17H23F2N3O5S/c1-9(2)11(23)7-28-8-14(24)26-6-12-15(25)17(18,19)16(27-12)22-5-4-13(20)21-10(22)3/h4-5,9,12,15-16,25H,3,6-8H2,1-2H3,(H2,20,21)/t12-,15+,16-/m1/s1. The first-order chi connectivity index (χ1) is 13.0. The Balaban J connectivity index is 1.88. The number of aliphatic imine (C=N–C) groups is 1. The van der Waals surface area contributed by atoms with Gasteiger partial charge < -0.3 is 25.2 Å². The van der Waals surface area contributed by atoms with Crippen LogP contribution < -0.4 is 5.73 Å². The molecule has 0 aromatic heterocycles. The van der Waals surface area contributed by atoms with E-state index in [0.29, 0.717) is 0 Å². The highest BCUT2D eigenvalue weighted by Gasteiger charge is 2.61. The fourth-order valence-corrected chi connectivity index (χ4v) is 3.31. The van der Waals surface area contributed by atoms with Crippen molar-refractivity contribution < 1.29 is 33.0 Å². The monoisotopic (exact) mass is 419 g/mol. The van der Waals surface area contributed by atoms with Crippen molar-refractivity contribution in [2.45, 2.75) is 38.2 Å². The summed E-state index contributed by atoms with van der Waals surface area (Å²) in [6, 6.07) is 0. The Labute approximate surface area is 165 Å². The van der Waals surface area contributed by atoms with Crippen molar-refractivity contribution in [2.24, 2.45) is 16.6 Å². The number of hydrogen-bond acceptors (Lipinski definition) is 9. The summed E-state index contributed by atoms with van der Waals surface area (Å²) in [6.07, 6.45) is -2.97. The SMILES string of the molecule is C=C1N=C(N)C=CN1[C@@H]1O[C@H](COC(=O)CSCC(=O)C(C)C)[C@H](O)C1(F)F. The minimum Gasteiger partial charge on any atom is -0.462 e. The number of rotatable bonds is 8. The van der Waals surface area contributed by atoms with Crippen LogP contribution in [0.1, 0.15) is 13.8 Å². The quantitative estimate of drug-likeness (QED) is 0.557. The van der Waals surface area contributed by atoms with Gasteiger partial charge in [-0.05, 0) is 6.08 Å². The molecule has 0 radical (unpaired) electrons. The lowest BCUT2D eigenvalue weighted by Crippen LogP contribution is -2.47. The first-order valence-electron chi connectivity index (χ1n) is 8.51. The van der Waals surface area contributed by atoms with Crippen LogP contribution in [0.15, 0.2) is 29.7 Å². The number of nitrogens with zero attached hydrogens (tertiary/aromatic N) is 2. The number of hydrogen-bond donors (Lipinski definition) is 2. The number of alkyl halides is 2. The van der Waals surface area contributed by atoms with Gasteiger partial charge in [-0.25, -0.2) is 4.99 Å². The smallest absolute Gasteiger partial charge is 0.320 e. The van der Waals surface area contributed by atoms with E-state index in [4.69, 9.17) is 15.2 Å². The van der Waals surface area contributed by atoms with Crippen LogP contribution in [0.5, 0.6) is 0 Å². The number of carbonyl (C=O) groups is 2. The minimum absolute atomic E-state index is 0.00653. The van der Waals surface area contributed by atoms with E-state index in [2.05, 4.69) is 11.6 Å². The highest BCUT2D eigenvalue weighted by Crippen LogP contribution is 2.40. The molecule has 2 aliphatic heterocycles. The van der Waals surface area contributed by atoms with E-state index in [0.717, 1.165) is 16.7 Å². The average molecular weight is 419 g/mol. The summed E-state index contributed by atoms with van der Waals surface area (Å²) in [5.41, 5.74) is 5.48. The molecular formula is C17H23F2N3O5S. The van der Waals surface area contributed by atoms with Crippen LogP contribution in [0, 0.1) is 5.92 Å². The number of thioether (sulfide) groups is 1. The molecule has 0 aliphatic carbocycles. The molecule has 11 heteroatoms. The summed E-state index contributed by atoms with van der Waals surface area (Å²) < 4.78 is 39.0. The van der Waals surface area contributed by atoms with Gasteiger partial charge in [-0.1, -0.05) is 20.4 Å². The van der Waals surface area contributed by atoms with E-state index in [1.807, 2.05) is 0 Å². The summed E-state index contributed by atoms with van der Waals surface area (Å²) in [7, 11) is 0. The molecule has 2 rings (SSSR count). The maximum Gasteiger partial charge on any atom is 0.320 e. The molecule has 156 valence electrons. The van der Waals surface area contributed by atoms with Crippen molar-refractivity contribution in [3.8, 4) is 0 Å². The number of ether oxygens (including phenoxy) is 2. The number of halogens is 2. The van der Waals surface area contributed by atoms with Crippen molar-refractivity contribution in [3.63, 3.8) is 0 Å². The predicted octanol–water partition coefficient (Wildman–Crippen LogP) is 0.867. The molecule has 0 spiro atoms. The Morgan fingerprint density at radius 2 is 2.18 bits per heavy atom. The van der Waals surface area contributed by atoms with Gasteiger partial charge in [0.05, 0.1) is 11.5 Å². The molecule has 0 bridgehead atoms. The Hall–Kier alpha value is -1.98. The molecule has 0 unspecified atom stereocenters. The molecule has 1 saturated heterocycles. The van der Waals surface area contributed by atoms with E-state index in [1.54, 1.807) is 13.8 Å². The Morgan fingerprint density at radius 1 is 1.50 bits per heavy atom. The Bertz CT molecular complexity index is 698. The van der Waals surface area contributed by atoms with Crippen LogP contribution in [0.2, 0.25) is 0 Å². The van der Waals surface area contributed by atoms with Crippen LogP contribution >= 0.6 is 11.8 Å². The molecule has 1 fully saturated rings. The Kier molecular flexibility index (Phi) is 7.18. The van der Waals surface area contributed by atoms with Gasteiger partial charge in [-0.2, -0.15) is 8.78 Å². The fraction of sp³-hybridized carbons (Fsp3) is 0.588. The summed E-state index contributed by atoms with van der Waals surface area (Å²) >= 11 is 1.07. The zero-order valence-corrected chi connectivity index (χ0v) is 16.3. The second kappa shape index (κ2) is 9.01. The number of amidine groups is 1. The minimum atomic E-state index is -3.66. The summed E-state index contributed by atoms with van der Waals surface area (Å²) in [5.74, 6) is -4.42. The molecule has 0 aromatic carbocycles. The third kappa shape index (κ3) is 5.09. The lowest BCUT2D eigenvalue weighted by molar-refractivity contribution is -0.151. The Morgan fingerprint density at radius 3 is 2.79 bits per heavy atom. The van der Waals surface area contributed by atoms with Crippen molar-refractivity contribution in [1.82, 2.24) is 4.90 Å². The van der Waals surface area contributed by atoms with Gasteiger partial charge >= 0.3 is 11.9 Å². The van der Waals surface area contributed by atoms with Crippen LogP contribution in [0.3, 0.4) is 0 Å². The third-order valence-electron chi connectivity index (χ3n) is 4.11. The molecule has 0 amide bonds. The maximum absolute atomic E-state index is 14.4. The molecule has 3 atom stereocenters. The van der Waals surface area contributed by atoms with E-state index >= 15 is 0 Å². The van der Waals surface area contributed by atoms with Crippen molar-refractivity contribution in [2.75, 3.05) is 18.1 Å². The molecule has 28 heavy (non-hydrogen) atoms. The van der Waals surface area contributed by atoms with Crippen LogP contribution in [-0.4, -0.2) is 70.1 Å². The molecule has 2 heterocycles. The van der Waals surface area contributed by atoms with Gasteiger partial charge in [0.1, 0.15) is 30.2 Å². The van der Waals surface area contributed by atoms with Crippen LogP contribution in [0.4, 0.5) is 8.78 Å². The molecule has 0 saturated carbocycles. The van der Waals surface area contributed by atoms with Gasteiger partial charge in [0, 0.05) is 12.1 Å². The normalized spacial score (nSPS) is 26.5. The zero-order chi connectivity index (χ0) is 21.1. The van der Waals surface area contributed by atoms with Crippen molar-refractivity contribution in [1.29, 1.82) is 0 Å². The van der Waals surface area contributed by atoms with Gasteiger partial charge in [-0.3, -0.25) is 9.59 Å². The number of ketones is 1. The fourth-order valence-electron chi connectivity index (χ4n) is 2.42. The largest absolute Gasteiger partial charge is 0.462 e. The second-order valence-corrected chi connectivity index (χ2v) is 7.60. The molecule has 2 aliphatic rings. The number of nitrogens with two attached hydrogens (primary N) is 1. The van der Waals surface area contributed by atoms with E-state index < -0.39 is 36.9 Å². The van der Waals surface area contributed by atoms with E-state index in [9.17, 15) is 23.5 Å². The highest BCUT2D eigenvalue weighted by atomic mass is 32.2. The summed E-state index contributed by atoms with van der Waals surface area (Å²) in [6.45, 7) is 6.49. The highest BCUT2D eigenvalue weighted by molar-refractivity contribution is 8.00. The maximum atomic E-state index is 14.4. The zero-order valence-electron chi connectivity index (χ0n) is 15.5. The second-order valence-electron chi connectivity index (χ2n) is 6.62. The van der Waals surface area contributed by atoms with Crippen LogP contribution in [-0.2, 0) is 19.1 Å². The molecule has 0 aromatic rings. The predicted molar refractivity (Wildman–Crippen MR) is 99.5 cm³/mol. The van der Waals surface area contributed by atoms with Crippen LogP contribution in [0.25, 0.3) is 0 Å². The number of esters is 1. The number of aliphatic hydroxyl groups excluding tert-OH is 1. The molecular weight excluding hydrogens is 396 g/mol. The van der Waals surface area contributed by atoms with Gasteiger partial charge in [-0.15, -0.1) is 11.8 Å². The first kappa shape index (κ1) is 22.3. The van der Waals surface area contributed by atoms with Crippen molar-refractivity contribution in [3.05, 3.63) is 24.7 Å². The number of carbonyl (C=O) groups excluding carboxylic acids is 2. The average Bonchev–Trinajstić information content (AvgIpc) is 2.83. The molecule has 8 nitrogen and oxygen atoms in total. The van der Waals surface area contributed by atoms with Crippen molar-refractivity contribution >= 4 is 29.4 Å². The van der Waals surface area contributed by atoms with Gasteiger partial charge in [0.25, 0.3) is 0 Å². The van der Waals surface area contributed by atoms with Gasteiger partial charge in [0.2, 0.25) is 6.23 Å². The molecule has 3 N–H and O–H groups in total. The number of aliphatic hydroxyl groups is 1. The number of Topliss-reactive ketones (excluding diaryl/α,β-unsaturated/α-hetero) is 1. The topological polar surface area (TPSA) is 114 Å². The van der Waals surface area contributed by atoms with Gasteiger partial charge in [0.15, 0.2) is 6.10 Å². The summed E-state index contributed by atoms with van der Waals surface area (Å²) in [4.78, 5) is 28.0. The third-order valence-corrected chi connectivity index (χ3v) is 5.04. The van der Waals surface area contributed by atoms with E-state index in [-0.39, 0.29) is 34.9 Å². The lowest BCUT2D eigenvalue weighted by atomic mass is 10.1. The van der Waals surface area contributed by atoms with E-state index in [1.165, 1.54) is 12.3 Å². The summed E-state index contributed by atoms with van der Waals surface area (Å²) in [5, 5.41) is 9.92. The first-order valence-corrected chi connectivity index (χ1v) is 9.66.